The molecule has 2 aromatic rings. The maximum atomic E-state index is 2.59. The molecule has 2 atom stereocenters. The number of anilines is 1. The van der Waals surface area contributed by atoms with Crippen LogP contribution in [0, 0.1) is 13.8 Å². The summed E-state index contributed by atoms with van der Waals surface area (Å²) in [5, 5.41) is 0. The molecule has 2 aromatic carbocycles. The van der Waals surface area contributed by atoms with Crippen molar-refractivity contribution in [3.05, 3.63) is 64.7 Å². The Morgan fingerprint density at radius 3 is 2.50 bits per heavy atom. The first kappa shape index (κ1) is 13.2. The van der Waals surface area contributed by atoms with Gasteiger partial charge in [0.05, 0.1) is 6.04 Å². The molecule has 1 aliphatic heterocycles. The highest BCUT2D eigenvalue weighted by atomic mass is 15.2. The Morgan fingerprint density at radius 2 is 1.80 bits per heavy atom. The van der Waals surface area contributed by atoms with E-state index in [4.69, 9.17) is 0 Å². The van der Waals surface area contributed by atoms with Crippen molar-refractivity contribution in [2.75, 3.05) is 4.90 Å². The van der Waals surface area contributed by atoms with E-state index in [9.17, 15) is 0 Å². The van der Waals surface area contributed by atoms with Crippen LogP contribution in [0.3, 0.4) is 0 Å². The first-order valence-electron chi connectivity index (χ1n) is 7.51. The molecule has 3 rings (SSSR count). The van der Waals surface area contributed by atoms with E-state index in [1.807, 2.05) is 0 Å². The number of nitrogens with zero attached hydrogens (tertiary/aromatic N) is 1. The van der Waals surface area contributed by atoms with Crippen LogP contribution in [0.2, 0.25) is 0 Å². The maximum absolute atomic E-state index is 2.59. The fourth-order valence-corrected chi connectivity index (χ4v) is 3.58. The molecule has 1 nitrogen and oxygen atoms in total. The van der Waals surface area contributed by atoms with Crippen LogP contribution in [0.25, 0.3) is 0 Å². The third-order valence-electron chi connectivity index (χ3n) is 4.55. The lowest BCUT2D eigenvalue weighted by Crippen LogP contribution is -2.32. The minimum absolute atomic E-state index is 0.425. The Hall–Kier alpha value is -1.76. The second-order valence-corrected chi connectivity index (χ2v) is 6.13. The van der Waals surface area contributed by atoms with Crippen molar-refractivity contribution >= 4 is 5.69 Å². The molecule has 0 aromatic heterocycles. The van der Waals surface area contributed by atoms with Gasteiger partial charge in [-0.3, -0.25) is 0 Å². The smallest absolute Gasteiger partial charge is 0.0517 e. The molecule has 0 saturated heterocycles. The Labute approximate surface area is 122 Å². The highest BCUT2D eigenvalue weighted by molar-refractivity contribution is 5.64. The molecule has 0 radical (unpaired) electrons. The molecule has 1 aliphatic rings. The first-order valence-corrected chi connectivity index (χ1v) is 7.51. The topological polar surface area (TPSA) is 3.24 Å². The average molecular weight is 265 g/mol. The van der Waals surface area contributed by atoms with Crippen molar-refractivity contribution < 1.29 is 0 Å². The van der Waals surface area contributed by atoms with Gasteiger partial charge in [-0.15, -0.1) is 0 Å². The van der Waals surface area contributed by atoms with E-state index in [1.54, 1.807) is 0 Å². The summed E-state index contributed by atoms with van der Waals surface area (Å²) in [6, 6.07) is 16.5. The zero-order valence-corrected chi connectivity index (χ0v) is 12.9. The van der Waals surface area contributed by atoms with Gasteiger partial charge in [0.15, 0.2) is 0 Å². The van der Waals surface area contributed by atoms with Crippen molar-refractivity contribution in [1.82, 2.24) is 0 Å². The largest absolute Gasteiger partial charge is 0.361 e. The van der Waals surface area contributed by atoms with Gasteiger partial charge in [-0.25, -0.2) is 0 Å². The fourth-order valence-electron chi connectivity index (χ4n) is 3.58. The summed E-state index contributed by atoms with van der Waals surface area (Å²) in [6.07, 6.45) is 1.17. The van der Waals surface area contributed by atoms with Crippen LogP contribution in [0.1, 0.15) is 42.1 Å². The quantitative estimate of drug-likeness (QED) is 0.752. The highest BCUT2D eigenvalue weighted by Gasteiger charge is 2.31. The van der Waals surface area contributed by atoms with Gasteiger partial charge in [0.25, 0.3) is 0 Å². The first-order chi connectivity index (χ1) is 9.58. The SMILES string of the molecule is Cc1cc(C)c2c(c1)N([C@@H](C)c1ccccc1)[C@@H](C)C2. The third-order valence-corrected chi connectivity index (χ3v) is 4.55. The molecule has 0 spiro atoms. The van der Waals surface area contributed by atoms with Crippen LogP contribution < -0.4 is 4.90 Å². The van der Waals surface area contributed by atoms with E-state index in [2.05, 4.69) is 75.1 Å². The third kappa shape index (κ3) is 2.11. The average Bonchev–Trinajstić information content (AvgIpc) is 2.76. The summed E-state index contributed by atoms with van der Waals surface area (Å²) in [5.41, 5.74) is 7.17. The lowest BCUT2D eigenvalue weighted by Gasteiger charge is -2.32. The molecular weight excluding hydrogens is 242 g/mol. The van der Waals surface area contributed by atoms with E-state index in [1.165, 1.54) is 34.4 Å². The Bertz CT molecular complexity index is 615. The minimum atomic E-state index is 0.425. The normalized spacial score (nSPS) is 19.0. The van der Waals surface area contributed by atoms with E-state index >= 15 is 0 Å². The van der Waals surface area contributed by atoms with E-state index in [0.717, 1.165) is 0 Å². The van der Waals surface area contributed by atoms with Crippen molar-refractivity contribution in [3.8, 4) is 0 Å². The van der Waals surface area contributed by atoms with Crippen molar-refractivity contribution in [1.29, 1.82) is 0 Å². The molecule has 1 heterocycles. The lowest BCUT2D eigenvalue weighted by atomic mass is 10.0. The molecule has 1 heteroatoms. The van der Waals surface area contributed by atoms with E-state index < -0.39 is 0 Å². The number of aryl methyl sites for hydroxylation is 2. The highest BCUT2D eigenvalue weighted by Crippen LogP contribution is 2.40. The Kier molecular flexibility index (Phi) is 3.29. The number of hydrogen-bond donors (Lipinski definition) is 0. The number of fused-ring (bicyclic) bond motifs is 1. The van der Waals surface area contributed by atoms with Crippen LogP contribution in [0.15, 0.2) is 42.5 Å². The van der Waals surface area contributed by atoms with Crippen LogP contribution in [-0.2, 0) is 6.42 Å². The van der Waals surface area contributed by atoms with Crippen LogP contribution in [-0.4, -0.2) is 6.04 Å². The Morgan fingerprint density at radius 1 is 1.10 bits per heavy atom. The predicted octanol–water partition coefficient (Wildman–Crippen LogP) is 4.82. The van der Waals surface area contributed by atoms with Gasteiger partial charge in [-0.2, -0.15) is 0 Å². The van der Waals surface area contributed by atoms with Crippen LogP contribution in [0.5, 0.6) is 0 Å². The molecular formula is C19H23N. The summed E-state index contributed by atoms with van der Waals surface area (Å²) in [4.78, 5) is 2.59. The zero-order valence-electron chi connectivity index (χ0n) is 12.9. The molecule has 0 amide bonds. The second kappa shape index (κ2) is 4.97. The summed E-state index contributed by atoms with van der Waals surface area (Å²) < 4.78 is 0. The summed E-state index contributed by atoms with van der Waals surface area (Å²) in [6.45, 7) is 9.10. The molecule has 20 heavy (non-hydrogen) atoms. The lowest BCUT2D eigenvalue weighted by molar-refractivity contribution is 0.595. The molecule has 0 N–H and O–H groups in total. The van der Waals surface area contributed by atoms with Crippen molar-refractivity contribution in [2.45, 2.75) is 46.2 Å². The molecule has 0 unspecified atom stereocenters. The van der Waals surface area contributed by atoms with Gasteiger partial charge in [0.1, 0.15) is 0 Å². The summed E-state index contributed by atoms with van der Waals surface area (Å²) >= 11 is 0. The van der Waals surface area contributed by atoms with Gasteiger partial charge in [-0.05, 0) is 62.4 Å². The van der Waals surface area contributed by atoms with Crippen molar-refractivity contribution in [3.63, 3.8) is 0 Å². The minimum Gasteiger partial charge on any atom is -0.361 e. The van der Waals surface area contributed by atoms with Gasteiger partial charge >= 0.3 is 0 Å². The van der Waals surface area contributed by atoms with Gasteiger partial charge in [0, 0.05) is 11.7 Å². The molecule has 0 saturated carbocycles. The number of rotatable bonds is 2. The van der Waals surface area contributed by atoms with E-state index in [0.29, 0.717) is 12.1 Å². The number of hydrogen-bond acceptors (Lipinski definition) is 1. The van der Waals surface area contributed by atoms with Crippen LogP contribution in [0.4, 0.5) is 5.69 Å². The molecule has 0 fully saturated rings. The molecule has 0 aliphatic carbocycles. The fraction of sp³-hybridized carbons (Fsp3) is 0.368. The van der Waals surface area contributed by atoms with Crippen LogP contribution >= 0.6 is 0 Å². The van der Waals surface area contributed by atoms with Crippen molar-refractivity contribution in [2.24, 2.45) is 0 Å². The molecule has 0 bridgehead atoms. The van der Waals surface area contributed by atoms with Gasteiger partial charge < -0.3 is 4.90 Å². The van der Waals surface area contributed by atoms with E-state index in [-0.39, 0.29) is 0 Å². The number of benzene rings is 2. The van der Waals surface area contributed by atoms with Gasteiger partial charge in [0.2, 0.25) is 0 Å². The Balaban J connectivity index is 2.04. The summed E-state index contributed by atoms with van der Waals surface area (Å²) in [5.74, 6) is 0. The predicted molar refractivity (Wildman–Crippen MR) is 86.4 cm³/mol. The molecule has 104 valence electrons. The van der Waals surface area contributed by atoms with Gasteiger partial charge in [-0.1, -0.05) is 36.4 Å². The zero-order chi connectivity index (χ0) is 14.3. The standard InChI is InChI=1S/C19H23N/c1-13-10-14(2)18-12-15(3)20(19(18)11-13)16(4)17-8-6-5-7-9-17/h5-11,15-16H,12H2,1-4H3/t15-,16-/m0/s1. The summed E-state index contributed by atoms with van der Waals surface area (Å²) in [7, 11) is 0. The second-order valence-electron chi connectivity index (χ2n) is 6.13. The maximum Gasteiger partial charge on any atom is 0.0517 e. The monoisotopic (exact) mass is 265 g/mol.